The smallest absolute Gasteiger partial charge is 0.328 e. The number of anilines is 2. The van der Waals surface area contributed by atoms with Crippen LogP contribution in [0.5, 0.6) is 0 Å². The predicted molar refractivity (Wildman–Crippen MR) is 185 cm³/mol. The number of carbonyl (C=O) groups excluding carboxylic acids is 3. The van der Waals surface area contributed by atoms with Gasteiger partial charge in [-0.25, -0.2) is 14.8 Å². The Balaban J connectivity index is 1.52. The summed E-state index contributed by atoms with van der Waals surface area (Å²) in [6, 6.07) is 5.67. The van der Waals surface area contributed by atoms with Gasteiger partial charge in [-0.15, -0.1) is 0 Å². The fraction of sp³-hybridized carbons (Fsp3) is 0.571. The Bertz CT molecular complexity index is 1500. The van der Waals surface area contributed by atoms with Crippen LogP contribution in [0.15, 0.2) is 35.3 Å². The SMILES string of the molecule is CCCCCCCCOC(=O)CC[C@H](NC(=O)c1ccc(NCc2cnc3nc(N)[nH]c(=O)c3n2)cc1)C(=O)OCCCCCCCC. The summed E-state index contributed by atoms with van der Waals surface area (Å²) in [5.74, 6) is -1.46. The van der Waals surface area contributed by atoms with Gasteiger partial charge in [-0.05, 0) is 43.5 Å². The molecule has 3 rings (SSSR count). The molecule has 5 N–H and O–H groups in total. The molecule has 0 saturated carbocycles. The fourth-order valence-electron chi connectivity index (χ4n) is 5.04. The summed E-state index contributed by atoms with van der Waals surface area (Å²) < 4.78 is 10.9. The lowest BCUT2D eigenvalue weighted by molar-refractivity contribution is -0.147. The van der Waals surface area contributed by atoms with Crippen LogP contribution in [0.4, 0.5) is 11.6 Å². The quantitative estimate of drug-likeness (QED) is 0.0729. The number of carbonyl (C=O) groups is 3. The Morgan fingerprint density at radius 1 is 0.854 bits per heavy atom. The third-order valence-corrected chi connectivity index (χ3v) is 7.84. The molecule has 0 aliphatic carbocycles. The van der Waals surface area contributed by atoms with Crippen molar-refractivity contribution in [1.29, 1.82) is 0 Å². The number of nitrogens with one attached hydrogen (secondary N) is 3. The maximum Gasteiger partial charge on any atom is 0.328 e. The van der Waals surface area contributed by atoms with Crippen molar-refractivity contribution < 1.29 is 23.9 Å². The fourth-order valence-corrected chi connectivity index (χ4v) is 5.04. The number of unbranched alkanes of at least 4 members (excludes halogenated alkanes) is 10. The Labute approximate surface area is 282 Å². The number of rotatable bonds is 23. The highest BCUT2D eigenvalue weighted by Crippen LogP contribution is 2.14. The van der Waals surface area contributed by atoms with Gasteiger partial charge in [-0.1, -0.05) is 78.1 Å². The number of hydrogen-bond acceptors (Lipinski definition) is 11. The molecule has 0 bridgehead atoms. The second-order valence-electron chi connectivity index (χ2n) is 11.9. The molecule has 13 heteroatoms. The summed E-state index contributed by atoms with van der Waals surface area (Å²) in [6.07, 6.45) is 14.4. The molecule has 0 aliphatic heterocycles. The normalized spacial score (nSPS) is 11.6. The van der Waals surface area contributed by atoms with Gasteiger partial charge in [0.1, 0.15) is 6.04 Å². The largest absolute Gasteiger partial charge is 0.466 e. The molecular weight excluding hydrogens is 614 g/mol. The molecule has 3 aromatic rings. The van der Waals surface area contributed by atoms with Crippen molar-refractivity contribution in [2.24, 2.45) is 0 Å². The summed E-state index contributed by atoms with van der Waals surface area (Å²) in [7, 11) is 0. The Morgan fingerprint density at radius 2 is 1.48 bits per heavy atom. The maximum atomic E-state index is 13.1. The van der Waals surface area contributed by atoms with Crippen LogP contribution in [0.2, 0.25) is 0 Å². The average Bonchev–Trinajstić information content (AvgIpc) is 3.08. The van der Waals surface area contributed by atoms with Gasteiger partial charge in [-0.3, -0.25) is 19.4 Å². The first-order chi connectivity index (χ1) is 23.3. The molecule has 0 radical (unpaired) electrons. The molecule has 48 heavy (non-hydrogen) atoms. The molecule has 1 amide bonds. The molecule has 1 atom stereocenters. The number of H-pyrrole nitrogens is 1. The molecule has 262 valence electrons. The van der Waals surface area contributed by atoms with Crippen LogP contribution in [0.1, 0.15) is 120 Å². The summed E-state index contributed by atoms with van der Waals surface area (Å²) in [5.41, 5.74) is 6.86. The lowest BCUT2D eigenvalue weighted by atomic mass is 10.1. The average molecular weight is 666 g/mol. The highest BCUT2D eigenvalue weighted by Gasteiger charge is 2.24. The van der Waals surface area contributed by atoms with Crippen LogP contribution < -0.4 is 21.9 Å². The minimum atomic E-state index is -0.989. The molecule has 1 aromatic carbocycles. The van der Waals surface area contributed by atoms with Crippen molar-refractivity contribution in [3.05, 3.63) is 52.1 Å². The first kappa shape index (κ1) is 37.9. The summed E-state index contributed by atoms with van der Waals surface area (Å²) in [4.78, 5) is 65.5. The number of ether oxygens (including phenoxy) is 2. The van der Waals surface area contributed by atoms with Gasteiger partial charge < -0.3 is 25.8 Å². The van der Waals surface area contributed by atoms with E-state index in [0.717, 1.165) is 51.4 Å². The third-order valence-electron chi connectivity index (χ3n) is 7.84. The van der Waals surface area contributed by atoms with Crippen molar-refractivity contribution in [2.75, 3.05) is 24.3 Å². The number of nitrogens with two attached hydrogens (primary N) is 1. The van der Waals surface area contributed by atoms with E-state index in [-0.39, 0.29) is 43.1 Å². The second-order valence-corrected chi connectivity index (χ2v) is 11.9. The first-order valence-electron chi connectivity index (χ1n) is 17.3. The molecule has 13 nitrogen and oxygen atoms in total. The number of fused-ring (bicyclic) bond motifs is 1. The van der Waals surface area contributed by atoms with Crippen LogP contribution in [0.3, 0.4) is 0 Å². The van der Waals surface area contributed by atoms with Gasteiger partial charge in [0.15, 0.2) is 11.2 Å². The number of nitrogens with zero attached hydrogens (tertiary/aromatic N) is 3. The Morgan fingerprint density at radius 3 is 2.15 bits per heavy atom. The third kappa shape index (κ3) is 13.7. The van der Waals surface area contributed by atoms with Crippen LogP contribution >= 0.6 is 0 Å². The van der Waals surface area contributed by atoms with Gasteiger partial charge in [0, 0.05) is 17.7 Å². The minimum absolute atomic E-state index is 0.0112. The van der Waals surface area contributed by atoms with Gasteiger partial charge in [0.05, 0.1) is 31.6 Å². The highest BCUT2D eigenvalue weighted by molar-refractivity contribution is 5.97. The Hall–Kier alpha value is -4.55. The van der Waals surface area contributed by atoms with E-state index >= 15 is 0 Å². The molecule has 0 fully saturated rings. The van der Waals surface area contributed by atoms with Crippen LogP contribution in [-0.4, -0.2) is 57.0 Å². The van der Waals surface area contributed by atoms with Crippen LogP contribution in [0, 0.1) is 0 Å². The van der Waals surface area contributed by atoms with Crippen LogP contribution in [-0.2, 0) is 25.6 Å². The van der Waals surface area contributed by atoms with Gasteiger partial charge >= 0.3 is 11.9 Å². The van der Waals surface area contributed by atoms with Gasteiger partial charge in [0.2, 0.25) is 5.95 Å². The summed E-state index contributed by atoms with van der Waals surface area (Å²) in [6.45, 7) is 5.21. The number of aromatic amines is 1. The Kier molecular flexibility index (Phi) is 16.9. The van der Waals surface area contributed by atoms with E-state index in [1.54, 1.807) is 24.3 Å². The van der Waals surface area contributed by atoms with E-state index < -0.39 is 29.4 Å². The molecule has 0 unspecified atom stereocenters. The maximum absolute atomic E-state index is 13.1. The molecular formula is C35H51N7O6. The molecule has 2 heterocycles. The zero-order valence-corrected chi connectivity index (χ0v) is 28.4. The number of nitrogen functional groups attached to an aromatic ring is 1. The zero-order valence-electron chi connectivity index (χ0n) is 28.4. The van der Waals surface area contributed by atoms with E-state index in [9.17, 15) is 19.2 Å². The zero-order chi connectivity index (χ0) is 34.6. The number of aromatic nitrogens is 4. The van der Waals surface area contributed by atoms with E-state index in [1.807, 2.05) is 0 Å². The van der Waals surface area contributed by atoms with E-state index in [1.165, 1.54) is 31.9 Å². The van der Waals surface area contributed by atoms with Crippen molar-refractivity contribution in [3.63, 3.8) is 0 Å². The minimum Gasteiger partial charge on any atom is -0.466 e. The number of benzene rings is 1. The standard InChI is InChI=1S/C35H51N7O6/c1-3-5-7-9-11-13-21-47-29(43)20-19-28(34(46)48-22-14-12-10-8-6-4-2)40-32(44)25-15-17-26(18-16-25)37-23-27-24-38-31-30(39-27)33(45)42-35(36)41-31/h15-18,24,28,37H,3-14,19-23H2,1-2H3,(H,40,44)(H3,36,38,41,42,45)/t28-/m0/s1. The number of hydrogen-bond donors (Lipinski definition) is 4. The molecule has 0 saturated heterocycles. The van der Waals surface area contributed by atoms with E-state index in [4.69, 9.17) is 15.2 Å². The molecule has 0 aliphatic rings. The monoisotopic (exact) mass is 665 g/mol. The number of esters is 2. The van der Waals surface area contributed by atoms with Gasteiger partial charge in [0.25, 0.3) is 11.5 Å². The van der Waals surface area contributed by atoms with E-state index in [2.05, 4.69) is 44.4 Å². The van der Waals surface area contributed by atoms with Gasteiger partial charge in [-0.2, -0.15) is 4.98 Å². The van der Waals surface area contributed by atoms with Crippen molar-refractivity contribution in [3.8, 4) is 0 Å². The highest BCUT2D eigenvalue weighted by atomic mass is 16.5. The predicted octanol–water partition coefficient (Wildman–Crippen LogP) is 5.59. The summed E-state index contributed by atoms with van der Waals surface area (Å²) >= 11 is 0. The first-order valence-corrected chi connectivity index (χ1v) is 17.3. The van der Waals surface area contributed by atoms with Crippen molar-refractivity contribution in [2.45, 2.75) is 116 Å². The summed E-state index contributed by atoms with van der Waals surface area (Å²) in [5, 5.41) is 5.92. The van der Waals surface area contributed by atoms with E-state index in [0.29, 0.717) is 23.6 Å². The molecule has 0 spiro atoms. The number of amides is 1. The second kappa shape index (κ2) is 21.3. The lowest BCUT2D eigenvalue weighted by Gasteiger charge is -2.18. The van der Waals surface area contributed by atoms with Crippen molar-refractivity contribution >= 4 is 40.6 Å². The lowest BCUT2D eigenvalue weighted by Crippen LogP contribution is -2.42. The van der Waals surface area contributed by atoms with Crippen LogP contribution in [0.25, 0.3) is 11.2 Å². The molecule has 2 aromatic heterocycles. The van der Waals surface area contributed by atoms with Crippen molar-refractivity contribution in [1.82, 2.24) is 25.3 Å². The topological polar surface area (TPSA) is 191 Å².